The molecule has 6 nitrogen and oxygen atoms in total. The maximum Gasteiger partial charge on any atom is 0.340 e. The van der Waals surface area contributed by atoms with Gasteiger partial charge in [0.2, 0.25) is 0 Å². The molecule has 132 valence electrons. The first-order valence-corrected chi connectivity index (χ1v) is 8.35. The number of aliphatic hydroxyl groups is 1. The monoisotopic (exact) mass is 342 g/mol. The number of benzene rings is 1. The van der Waals surface area contributed by atoms with Crippen LogP contribution in [0.1, 0.15) is 43.1 Å². The number of H-pyrrole nitrogens is 2. The molecular formula is C19H22N2O4. The number of ether oxygens (including phenoxy) is 1. The smallest absolute Gasteiger partial charge is 0.340 e. The van der Waals surface area contributed by atoms with E-state index >= 15 is 0 Å². The Morgan fingerprint density at radius 2 is 2.08 bits per heavy atom. The van der Waals surface area contributed by atoms with Crippen LogP contribution in [0.25, 0.3) is 21.8 Å². The van der Waals surface area contributed by atoms with Gasteiger partial charge in [0.15, 0.2) is 0 Å². The Morgan fingerprint density at radius 1 is 1.32 bits per heavy atom. The maximum absolute atomic E-state index is 12.3. The lowest BCUT2D eigenvalue weighted by Gasteiger charge is -2.16. The Bertz CT molecular complexity index is 992. The molecule has 6 heteroatoms. The van der Waals surface area contributed by atoms with Gasteiger partial charge in [-0.1, -0.05) is 6.07 Å². The molecule has 0 aliphatic heterocycles. The van der Waals surface area contributed by atoms with Crippen molar-refractivity contribution in [2.45, 2.75) is 39.2 Å². The van der Waals surface area contributed by atoms with E-state index < -0.39 is 11.6 Å². The van der Waals surface area contributed by atoms with Gasteiger partial charge in [0.05, 0.1) is 17.8 Å². The predicted octanol–water partition coefficient (Wildman–Crippen LogP) is 2.89. The van der Waals surface area contributed by atoms with Crippen LogP contribution in [0.5, 0.6) is 0 Å². The molecule has 0 aliphatic carbocycles. The van der Waals surface area contributed by atoms with E-state index in [9.17, 15) is 14.7 Å². The maximum atomic E-state index is 12.3. The van der Waals surface area contributed by atoms with Crippen molar-refractivity contribution >= 4 is 27.8 Å². The first-order chi connectivity index (χ1) is 11.8. The molecule has 3 rings (SSSR count). The van der Waals surface area contributed by atoms with Crippen LogP contribution in [0.15, 0.2) is 29.2 Å². The molecule has 25 heavy (non-hydrogen) atoms. The van der Waals surface area contributed by atoms with Gasteiger partial charge >= 0.3 is 5.97 Å². The number of pyridine rings is 1. The van der Waals surface area contributed by atoms with Gasteiger partial charge in [0.1, 0.15) is 5.52 Å². The highest BCUT2D eigenvalue weighted by Gasteiger charge is 2.18. The number of aromatic amines is 2. The zero-order chi connectivity index (χ0) is 18.2. The summed E-state index contributed by atoms with van der Waals surface area (Å²) >= 11 is 0. The number of carbonyl (C=O) groups excluding carboxylic acids is 1. The molecule has 0 saturated heterocycles. The summed E-state index contributed by atoms with van der Waals surface area (Å²) in [6, 6.07) is 5.71. The van der Waals surface area contributed by atoms with E-state index in [1.165, 1.54) is 6.20 Å². The van der Waals surface area contributed by atoms with Crippen LogP contribution < -0.4 is 5.56 Å². The van der Waals surface area contributed by atoms with E-state index in [2.05, 4.69) is 9.97 Å². The van der Waals surface area contributed by atoms with Crippen molar-refractivity contribution in [3.63, 3.8) is 0 Å². The van der Waals surface area contributed by atoms with E-state index in [1.54, 1.807) is 20.8 Å². The molecular weight excluding hydrogens is 320 g/mol. The number of aryl methyl sites for hydroxylation is 1. The molecule has 0 aliphatic rings. The molecule has 0 bridgehead atoms. The van der Waals surface area contributed by atoms with Crippen molar-refractivity contribution < 1.29 is 14.6 Å². The average Bonchev–Trinajstić information content (AvgIpc) is 2.99. The molecule has 0 amide bonds. The topological polar surface area (TPSA) is 95.2 Å². The van der Waals surface area contributed by atoms with Crippen molar-refractivity contribution in [3.8, 4) is 0 Å². The van der Waals surface area contributed by atoms with Gasteiger partial charge in [-0.3, -0.25) is 4.79 Å². The summed E-state index contributed by atoms with van der Waals surface area (Å²) in [5.74, 6) is -0.456. The third kappa shape index (κ3) is 3.44. The molecule has 3 aromatic rings. The first kappa shape index (κ1) is 17.2. The number of hydrogen-bond donors (Lipinski definition) is 3. The van der Waals surface area contributed by atoms with E-state index in [-0.39, 0.29) is 12.2 Å². The van der Waals surface area contributed by atoms with Gasteiger partial charge in [-0.25, -0.2) is 4.79 Å². The van der Waals surface area contributed by atoms with Gasteiger partial charge in [0, 0.05) is 22.5 Å². The summed E-state index contributed by atoms with van der Waals surface area (Å²) in [7, 11) is 0. The third-order valence-electron chi connectivity index (χ3n) is 4.23. The quantitative estimate of drug-likeness (QED) is 0.621. The number of aromatic nitrogens is 2. The third-order valence-corrected chi connectivity index (χ3v) is 4.23. The second-order valence-electron chi connectivity index (χ2n) is 6.82. The minimum atomic E-state index is -0.751. The highest BCUT2D eigenvalue weighted by atomic mass is 16.5. The van der Waals surface area contributed by atoms with Crippen molar-refractivity contribution in [3.05, 3.63) is 45.9 Å². The molecule has 3 N–H and O–H groups in total. The molecule has 0 spiro atoms. The van der Waals surface area contributed by atoms with Crippen molar-refractivity contribution in [1.29, 1.82) is 0 Å². The summed E-state index contributed by atoms with van der Waals surface area (Å²) < 4.78 is 5.10. The van der Waals surface area contributed by atoms with Crippen LogP contribution in [0, 0.1) is 0 Å². The van der Waals surface area contributed by atoms with Gasteiger partial charge in [-0.05, 0) is 51.3 Å². The highest BCUT2D eigenvalue weighted by Crippen LogP contribution is 2.27. The summed E-state index contributed by atoms with van der Waals surface area (Å²) in [5.41, 5.74) is 1.37. The highest BCUT2D eigenvalue weighted by molar-refractivity contribution is 6.15. The Labute approximate surface area is 144 Å². The first-order valence-electron chi connectivity index (χ1n) is 8.35. The lowest BCUT2D eigenvalue weighted by Crippen LogP contribution is -2.19. The molecule has 0 fully saturated rings. The number of rotatable bonds is 5. The normalized spacial score (nSPS) is 12.0. The lowest BCUT2D eigenvalue weighted by molar-refractivity contribution is 0.0528. The van der Waals surface area contributed by atoms with Crippen LogP contribution >= 0.6 is 0 Å². The minimum absolute atomic E-state index is 0.267. The number of carbonyl (C=O) groups is 1. The molecule has 2 aromatic heterocycles. The van der Waals surface area contributed by atoms with E-state index in [0.717, 1.165) is 10.9 Å². The Morgan fingerprint density at radius 3 is 2.76 bits per heavy atom. The van der Waals surface area contributed by atoms with Crippen LogP contribution in [0.3, 0.4) is 0 Å². The summed E-state index contributed by atoms with van der Waals surface area (Å²) in [6.45, 7) is 5.55. The molecule has 0 atom stereocenters. The Hall–Kier alpha value is -2.60. The fraction of sp³-hybridized carbons (Fsp3) is 0.368. The zero-order valence-electron chi connectivity index (χ0n) is 14.6. The largest absolute Gasteiger partial charge is 0.462 e. The van der Waals surface area contributed by atoms with Crippen molar-refractivity contribution in [2.75, 3.05) is 6.61 Å². The number of hydrogen-bond acceptors (Lipinski definition) is 4. The van der Waals surface area contributed by atoms with Gasteiger partial charge in [-0.2, -0.15) is 0 Å². The second-order valence-corrected chi connectivity index (χ2v) is 6.82. The fourth-order valence-electron chi connectivity index (χ4n) is 2.95. The van der Waals surface area contributed by atoms with Gasteiger partial charge < -0.3 is 19.8 Å². The van der Waals surface area contributed by atoms with Crippen LogP contribution in [-0.2, 0) is 11.2 Å². The summed E-state index contributed by atoms with van der Waals surface area (Å²) in [5, 5.41) is 11.3. The van der Waals surface area contributed by atoms with E-state index in [1.807, 2.05) is 18.2 Å². The van der Waals surface area contributed by atoms with E-state index in [4.69, 9.17) is 4.74 Å². The van der Waals surface area contributed by atoms with E-state index in [0.29, 0.717) is 34.8 Å². The molecule has 1 aromatic carbocycles. The van der Waals surface area contributed by atoms with Gasteiger partial charge in [-0.15, -0.1) is 0 Å². The number of fused-ring (bicyclic) bond motifs is 3. The SMILES string of the molecule is CCOC(=O)c1c[nH]c2c(=O)[nH]c3ccc(CCC(C)(C)O)cc3c12. The standard InChI is InChI=1S/C19H22N2O4/c1-4-25-18(23)13-10-20-16-15(13)12-9-11(7-8-19(2,3)24)5-6-14(12)21-17(16)22/h5-6,9-10,20,24H,4,7-8H2,1-3H3,(H,21,22). The molecule has 0 unspecified atom stereocenters. The predicted molar refractivity (Wildman–Crippen MR) is 97.0 cm³/mol. The van der Waals surface area contributed by atoms with Crippen LogP contribution in [-0.4, -0.2) is 33.3 Å². The second kappa shape index (κ2) is 6.37. The van der Waals surface area contributed by atoms with Crippen LogP contribution in [0.4, 0.5) is 0 Å². The Balaban J connectivity index is 2.18. The summed E-state index contributed by atoms with van der Waals surface area (Å²) in [4.78, 5) is 30.2. The van der Waals surface area contributed by atoms with Gasteiger partial charge in [0.25, 0.3) is 5.56 Å². The summed E-state index contributed by atoms with van der Waals surface area (Å²) in [6.07, 6.45) is 2.82. The zero-order valence-corrected chi connectivity index (χ0v) is 14.6. The van der Waals surface area contributed by atoms with Crippen molar-refractivity contribution in [1.82, 2.24) is 9.97 Å². The fourth-order valence-corrected chi connectivity index (χ4v) is 2.95. The van der Waals surface area contributed by atoms with Crippen molar-refractivity contribution in [2.24, 2.45) is 0 Å². The van der Waals surface area contributed by atoms with Crippen LogP contribution in [0.2, 0.25) is 0 Å². The average molecular weight is 342 g/mol. The molecule has 0 saturated carbocycles. The molecule has 0 radical (unpaired) electrons. The number of esters is 1. The number of nitrogens with one attached hydrogen (secondary N) is 2. The molecule has 2 heterocycles. The lowest BCUT2D eigenvalue weighted by atomic mass is 9.97. The Kier molecular flexibility index (Phi) is 4.39. The minimum Gasteiger partial charge on any atom is -0.462 e.